The van der Waals surface area contributed by atoms with Crippen molar-refractivity contribution >= 4 is 17.5 Å². The molecule has 5 heteroatoms. The lowest BCUT2D eigenvalue weighted by Gasteiger charge is -2.16. The van der Waals surface area contributed by atoms with Crippen LogP contribution in [-0.2, 0) is 12.8 Å². The summed E-state index contributed by atoms with van der Waals surface area (Å²) in [5.41, 5.74) is 4.13. The van der Waals surface area contributed by atoms with E-state index in [1.165, 1.54) is 11.1 Å². The van der Waals surface area contributed by atoms with Gasteiger partial charge < -0.3 is 10.2 Å². The van der Waals surface area contributed by atoms with Gasteiger partial charge in [-0.1, -0.05) is 48.5 Å². The number of carbonyl (C=O) groups excluding carboxylic acids is 1. The van der Waals surface area contributed by atoms with Crippen molar-refractivity contribution in [2.75, 3.05) is 18.0 Å². The van der Waals surface area contributed by atoms with Crippen molar-refractivity contribution in [3.05, 3.63) is 83.7 Å². The normalized spacial score (nSPS) is 12.7. The molecular weight excluding hydrogens is 324 g/mol. The van der Waals surface area contributed by atoms with E-state index in [1.807, 2.05) is 30.3 Å². The van der Waals surface area contributed by atoms with Crippen molar-refractivity contribution in [2.45, 2.75) is 12.8 Å². The van der Waals surface area contributed by atoms with E-state index in [4.69, 9.17) is 0 Å². The van der Waals surface area contributed by atoms with E-state index >= 15 is 0 Å². The van der Waals surface area contributed by atoms with Gasteiger partial charge in [0.25, 0.3) is 5.91 Å². The Labute approximate surface area is 152 Å². The highest BCUT2D eigenvalue weighted by Gasteiger charge is 2.21. The van der Waals surface area contributed by atoms with Crippen molar-refractivity contribution in [1.29, 1.82) is 0 Å². The van der Waals surface area contributed by atoms with Gasteiger partial charge in [0.15, 0.2) is 0 Å². The number of benzene rings is 2. The Morgan fingerprint density at radius 2 is 1.73 bits per heavy atom. The van der Waals surface area contributed by atoms with E-state index in [9.17, 15) is 4.79 Å². The van der Waals surface area contributed by atoms with Gasteiger partial charge in [0, 0.05) is 31.2 Å². The minimum Gasteiger partial charge on any atom is -0.352 e. The maximum absolute atomic E-state index is 12.3. The third-order valence-corrected chi connectivity index (χ3v) is 4.57. The van der Waals surface area contributed by atoms with Crippen LogP contribution >= 0.6 is 0 Å². The molecule has 0 fully saturated rings. The van der Waals surface area contributed by atoms with Crippen LogP contribution in [0.4, 0.5) is 11.6 Å². The number of hydrogen-bond acceptors (Lipinski definition) is 4. The lowest BCUT2D eigenvalue weighted by Crippen LogP contribution is -2.26. The minimum absolute atomic E-state index is 0.144. The fourth-order valence-corrected chi connectivity index (χ4v) is 3.19. The van der Waals surface area contributed by atoms with Crippen LogP contribution in [0, 0.1) is 0 Å². The van der Waals surface area contributed by atoms with E-state index in [1.54, 1.807) is 12.4 Å². The molecule has 0 aliphatic carbocycles. The van der Waals surface area contributed by atoms with Gasteiger partial charge in [0.1, 0.15) is 0 Å². The van der Waals surface area contributed by atoms with Crippen LogP contribution < -0.4 is 10.2 Å². The average Bonchev–Trinajstić information content (AvgIpc) is 3.13. The maximum Gasteiger partial charge on any atom is 0.254 e. The predicted molar refractivity (Wildman–Crippen MR) is 102 cm³/mol. The Morgan fingerprint density at radius 1 is 1.00 bits per heavy atom. The van der Waals surface area contributed by atoms with Crippen molar-refractivity contribution in [1.82, 2.24) is 15.3 Å². The van der Waals surface area contributed by atoms with Crippen LogP contribution in [0.1, 0.15) is 21.5 Å². The predicted octanol–water partition coefficient (Wildman–Crippen LogP) is 3.14. The second kappa shape index (κ2) is 7.35. The first-order valence-electron chi connectivity index (χ1n) is 8.81. The van der Waals surface area contributed by atoms with Gasteiger partial charge in [-0.2, -0.15) is 0 Å². The second-order valence-corrected chi connectivity index (χ2v) is 6.29. The number of hydrogen-bond donors (Lipinski definition) is 1. The Balaban J connectivity index is 1.38. The summed E-state index contributed by atoms with van der Waals surface area (Å²) in [6.45, 7) is 1.45. The first-order valence-corrected chi connectivity index (χ1v) is 8.81. The molecule has 1 N–H and O–H groups in total. The first kappa shape index (κ1) is 16.3. The molecule has 26 heavy (non-hydrogen) atoms. The van der Waals surface area contributed by atoms with Gasteiger partial charge in [0.2, 0.25) is 5.95 Å². The summed E-state index contributed by atoms with van der Waals surface area (Å²) in [5, 5.41) is 2.92. The SMILES string of the molecule is O=C(NCCc1ccccc1)c1cnc(N2CCc3ccccc32)nc1. The Bertz CT molecular complexity index is 893. The summed E-state index contributed by atoms with van der Waals surface area (Å²) in [4.78, 5) is 23.2. The second-order valence-electron chi connectivity index (χ2n) is 6.29. The van der Waals surface area contributed by atoms with E-state index in [0.717, 1.165) is 25.1 Å². The molecule has 1 aliphatic rings. The zero-order valence-corrected chi connectivity index (χ0v) is 14.4. The van der Waals surface area contributed by atoms with Crippen LogP contribution in [0.5, 0.6) is 0 Å². The van der Waals surface area contributed by atoms with Crippen LogP contribution in [0.25, 0.3) is 0 Å². The summed E-state index contributed by atoms with van der Waals surface area (Å²) < 4.78 is 0. The van der Waals surface area contributed by atoms with Crippen LogP contribution in [-0.4, -0.2) is 29.0 Å². The molecule has 0 saturated carbocycles. The lowest BCUT2D eigenvalue weighted by atomic mass is 10.1. The molecule has 0 atom stereocenters. The average molecular weight is 344 g/mol. The number of fused-ring (bicyclic) bond motifs is 1. The summed E-state index contributed by atoms with van der Waals surface area (Å²) in [5.74, 6) is 0.491. The summed E-state index contributed by atoms with van der Waals surface area (Å²) in [6.07, 6.45) is 4.99. The number of anilines is 2. The number of nitrogens with one attached hydrogen (secondary N) is 1. The molecule has 0 bridgehead atoms. The van der Waals surface area contributed by atoms with Crippen LogP contribution in [0.3, 0.4) is 0 Å². The Kier molecular flexibility index (Phi) is 4.60. The molecule has 2 aromatic carbocycles. The van der Waals surface area contributed by atoms with E-state index < -0.39 is 0 Å². The Hall–Kier alpha value is -3.21. The van der Waals surface area contributed by atoms with Crippen LogP contribution in [0.15, 0.2) is 67.0 Å². The number of rotatable bonds is 5. The number of nitrogens with zero attached hydrogens (tertiary/aromatic N) is 3. The third kappa shape index (κ3) is 3.42. The first-order chi connectivity index (χ1) is 12.8. The molecule has 0 saturated heterocycles. The summed E-state index contributed by atoms with van der Waals surface area (Å²) >= 11 is 0. The third-order valence-electron chi connectivity index (χ3n) is 4.57. The molecule has 130 valence electrons. The summed E-state index contributed by atoms with van der Waals surface area (Å²) in [7, 11) is 0. The van der Waals surface area contributed by atoms with Gasteiger partial charge >= 0.3 is 0 Å². The highest BCUT2D eigenvalue weighted by atomic mass is 16.1. The number of carbonyl (C=O) groups is 1. The van der Waals surface area contributed by atoms with Crippen molar-refractivity contribution in [3.63, 3.8) is 0 Å². The highest BCUT2D eigenvalue weighted by molar-refractivity contribution is 5.93. The quantitative estimate of drug-likeness (QED) is 0.772. The molecule has 3 aromatic rings. The molecular formula is C21H20N4O. The van der Waals surface area contributed by atoms with E-state index in [2.05, 4.69) is 44.5 Å². The van der Waals surface area contributed by atoms with Gasteiger partial charge in [-0.05, 0) is 30.0 Å². The smallest absolute Gasteiger partial charge is 0.254 e. The largest absolute Gasteiger partial charge is 0.352 e. The molecule has 1 aromatic heterocycles. The molecule has 1 amide bonds. The standard InChI is InChI=1S/C21H20N4O/c26-20(22-12-10-16-6-2-1-3-7-16)18-14-23-21(24-15-18)25-13-11-17-8-4-5-9-19(17)25/h1-9,14-15H,10-13H2,(H,22,26). The zero-order valence-electron chi connectivity index (χ0n) is 14.4. The number of para-hydroxylation sites is 1. The van der Waals surface area contributed by atoms with Crippen molar-refractivity contribution in [3.8, 4) is 0 Å². The maximum atomic E-state index is 12.3. The molecule has 2 heterocycles. The lowest BCUT2D eigenvalue weighted by molar-refractivity contribution is 0.0953. The zero-order chi connectivity index (χ0) is 17.8. The van der Waals surface area contributed by atoms with Gasteiger partial charge in [0.05, 0.1) is 5.56 Å². The molecule has 4 rings (SSSR count). The van der Waals surface area contributed by atoms with Gasteiger partial charge in [-0.15, -0.1) is 0 Å². The fourth-order valence-electron chi connectivity index (χ4n) is 3.19. The topological polar surface area (TPSA) is 58.1 Å². The van der Waals surface area contributed by atoms with E-state index in [-0.39, 0.29) is 5.91 Å². The monoisotopic (exact) mass is 344 g/mol. The molecule has 5 nitrogen and oxygen atoms in total. The molecule has 0 unspecified atom stereocenters. The number of aromatic nitrogens is 2. The fraction of sp³-hybridized carbons (Fsp3) is 0.190. The highest BCUT2D eigenvalue weighted by Crippen LogP contribution is 2.31. The summed E-state index contributed by atoms with van der Waals surface area (Å²) in [6, 6.07) is 18.4. The van der Waals surface area contributed by atoms with Crippen molar-refractivity contribution < 1.29 is 4.79 Å². The molecule has 0 spiro atoms. The molecule has 1 aliphatic heterocycles. The van der Waals surface area contributed by atoms with Crippen LogP contribution in [0.2, 0.25) is 0 Å². The van der Waals surface area contributed by atoms with Gasteiger partial charge in [-0.25, -0.2) is 9.97 Å². The van der Waals surface area contributed by atoms with Crippen molar-refractivity contribution in [2.24, 2.45) is 0 Å². The number of amides is 1. The van der Waals surface area contributed by atoms with Gasteiger partial charge in [-0.3, -0.25) is 4.79 Å². The molecule has 0 radical (unpaired) electrons. The van der Waals surface area contributed by atoms with E-state index in [0.29, 0.717) is 18.1 Å². The Morgan fingerprint density at radius 3 is 2.54 bits per heavy atom. The minimum atomic E-state index is -0.144.